The molecular weight excluding hydrogens is 322 g/mol. The highest BCUT2D eigenvalue weighted by Crippen LogP contribution is 2.25. The fourth-order valence-corrected chi connectivity index (χ4v) is 3.15. The molecule has 2 heterocycles. The summed E-state index contributed by atoms with van der Waals surface area (Å²) >= 11 is 1.79. The van der Waals surface area contributed by atoms with Crippen molar-refractivity contribution in [2.45, 2.75) is 52.0 Å². The minimum Gasteiger partial charge on any atom is -0.304 e. The number of carbonyl (C=O) groups is 1. The van der Waals surface area contributed by atoms with E-state index in [9.17, 15) is 4.79 Å². The standard InChI is InChI=1S/C17H25N5OS/c1-11(2)21(15-7-8-18-19-9-15)17(23)16-10-20-22(13(16)4)12(3)14(5)24-6/h7-12,14H,1-6H3. The molecular formula is C17H25N5OS. The van der Waals surface area contributed by atoms with Gasteiger partial charge in [0.15, 0.2) is 0 Å². The average Bonchev–Trinajstić information content (AvgIpc) is 2.95. The lowest BCUT2D eigenvalue weighted by Crippen LogP contribution is -2.37. The molecule has 0 aromatic carbocycles. The average molecular weight is 347 g/mol. The van der Waals surface area contributed by atoms with Crippen LogP contribution in [0.4, 0.5) is 5.69 Å². The highest BCUT2D eigenvalue weighted by molar-refractivity contribution is 7.99. The molecule has 7 heteroatoms. The largest absolute Gasteiger partial charge is 0.304 e. The summed E-state index contributed by atoms with van der Waals surface area (Å²) in [7, 11) is 0. The Bertz CT molecular complexity index is 686. The summed E-state index contributed by atoms with van der Waals surface area (Å²) < 4.78 is 1.94. The van der Waals surface area contributed by atoms with Crippen LogP contribution in [0.15, 0.2) is 24.7 Å². The van der Waals surface area contributed by atoms with Crippen LogP contribution in [0.2, 0.25) is 0 Å². The normalized spacial score (nSPS) is 13.8. The first kappa shape index (κ1) is 18.4. The van der Waals surface area contributed by atoms with E-state index in [1.54, 1.807) is 41.3 Å². The van der Waals surface area contributed by atoms with Crippen molar-refractivity contribution in [3.8, 4) is 0 Å². The summed E-state index contributed by atoms with van der Waals surface area (Å²) in [6, 6.07) is 2.02. The topological polar surface area (TPSA) is 63.9 Å². The van der Waals surface area contributed by atoms with E-state index < -0.39 is 0 Å². The molecule has 0 spiro atoms. The Labute approximate surface area is 147 Å². The third-order valence-electron chi connectivity index (χ3n) is 4.29. The van der Waals surface area contributed by atoms with Crippen molar-refractivity contribution in [3.05, 3.63) is 35.9 Å². The maximum absolute atomic E-state index is 13.1. The monoisotopic (exact) mass is 347 g/mol. The van der Waals surface area contributed by atoms with Crippen LogP contribution < -0.4 is 4.90 Å². The first-order valence-electron chi connectivity index (χ1n) is 8.05. The lowest BCUT2D eigenvalue weighted by Gasteiger charge is -2.26. The smallest absolute Gasteiger partial charge is 0.262 e. The van der Waals surface area contributed by atoms with E-state index >= 15 is 0 Å². The molecule has 0 fully saturated rings. The summed E-state index contributed by atoms with van der Waals surface area (Å²) in [5, 5.41) is 12.6. The van der Waals surface area contributed by atoms with E-state index in [0.29, 0.717) is 10.8 Å². The van der Waals surface area contributed by atoms with Crippen molar-refractivity contribution in [2.75, 3.05) is 11.2 Å². The van der Waals surface area contributed by atoms with Crippen molar-refractivity contribution >= 4 is 23.4 Å². The molecule has 6 nitrogen and oxygen atoms in total. The zero-order valence-electron chi connectivity index (χ0n) is 15.1. The van der Waals surface area contributed by atoms with Gasteiger partial charge in [-0.1, -0.05) is 6.92 Å². The minimum absolute atomic E-state index is 0.00648. The number of hydrogen-bond acceptors (Lipinski definition) is 5. The quantitative estimate of drug-likeness (QED) is 0.802. The van der Waals surface area contributed by atoms with Crippen molar-refractivity contribution in [1.29, 1.82) is 0 Å². The Hall–Kier alpha value is -1.89. The Balaban J connectivity index is 2.37. The minimum atomic E-state index is -0.0641. The Morgan fingerprint density at radius 2 is 1.92 bits per heavy atom. The van der Waals surface area contributed by atoms with E-state index in [4.69, 9.17) is 0 Å². The summed E-state index contributed by atoms with van der Waals surface area (Å²) in [4.78, 5) is 14.8. The predicted molar refractivity (Wildman–Crippen MR) is 98.6 cm³/mol. The van der Waals surface area contributed by atoms with Gasteiger partial charge in [0, 0.05) is 17.0 Å². The SMILES string of the molecule is CSC(C)C(C)n1ncc(C(=O)N(c2ccnnc2)C(C)C)c1C. The zero-order chi connectivity index (χ0) is 17.9. The number of thioether (sulfide) groups is 1. The van der Waals surface area contributed by atoms with Gasteiger partial charge in [-0.3, -0.25) is 9.48 Å². The number of rotatable bonds is 6. The van der Waals surface area contributed by atoms with E-state index in [1.807, 2.05) is 25.5 Å². The Morgan fingerprint density at radius 3 is 2.46 bits per heavy atom. The molecule has 1 amide bonds. The van der Waals surface area contributed by atoms with Gasteiger partial charge in [-0.05, 0) is 40.0 Å². The van der Waals surface area contributed by atoms with Gasteiger partial charge in [-0.2, -0.15) is 27.1 Å². The third-order valence-corrected chi connectivity index (χ3v) is 5.43. The molecule has 0 saturated carbocycles. The van der Waals surface area contributed by atoms with Gasteiger partial charge in [-0.25, -0.2) is 0 Å². The zero-order valence-corrected chi connectivity index (χ0v) is 15.9. The van der Waals surface area contributed by atoms with E-state index in [1.165, 1.54) is 0 Å². The molecule has 2 aromatic heterocycles. The van der Waals surface area contributed by atoms with Gasteiger partial charge >= 0.3 is 0 Å². The summed E-state index contributed by atoms with van der Waals surface area (Å²) in [6.07, 6.45) is 6.96. The summed E-state index contributed by atoms with van der Waals surface area (Å²) in [5.41, 5.74) is 2.25. The van der Waals surface area contributed by atoms with Crippen LogP contribution in [-0.4, -0.2) is 43.4 Å². The molecule has 2 aromatic rings. The number of hydrogen-bond donors (Lipinski definition) is 0. The van der Waals surface area contributed by atoms with Crippen molar-refractivity contribution < 1.29 is 4.79 Å². The van der Waals surface area contributed by atoms with Gasteiger partial charge in [0.25, 0.3) is 5.91 Å². The molecule has 0 aliphatic carbocycles. The second-order valence-electron chi connectivity index (χ2n) is 6.14. The van der Waals surface area contributed by atoms with Gasteiger partial charge in [0.05, 0.1) is 35.9 Å². The lowest BCUT2D eigenvalue weighted by atomic mass is 10.1. The van der Waals surface area contributed by atoms with Crippen molar-refractivity contribution in [2.24, 2.45) is 0 Å². The lowest BCUT2D eigenvalue weighted by molar-refractivity contribution is 0.0979. The summed E-state index contributed by atoms with van der Waals surface area (Å²) in [5.74, 6) is -0.0641. The van der Waals surface area contributed by atoms with E-state index in [2.05, 4.69) is 35.4 Å². The fourth-order valence-electron chi connectivity index (χ4n) is 2.65. The van der Waals surface area contributed by atoms with Gasteiger partial charge < -0.3 is 4.90 Å². The number of amides is 1. The molecule has 2 rings (SSSR count). The van der Waals surface area contributed by atoms with Crippen molar-refractivity contribution in [1.82, 2.24) is 20.0 Å². The predicted octanol–water partition coefficient (Wildman–Crippen LogP) is 3.35. The molecule has 2 atom stereocenters. The Kier molecular flexibility index (Phi) is 5.99. The van der Waals surface area contributed by atoms with Crippen LogP contribution in [0.3, 0.4) is 0 Å². The number of carbonyl (C=O) groups excluding carboxylic acids is 1. The van der Waals surface area contributed by atoms with Crippen LogP contribution in [0.5, 0.6) is 0 Å². The highest BCUT2D eigenvalue weighted by Gasteiger charge is 2.26. The molecule has 0 radical (unpaired) electrons. The second kappa shape index (κ2) is 7.79. The second-order valence-corrected chi connectivity index (χ2v) is 7.35. The molecule has 130 valence electrons. The van der Waals surface area contributed by atoms with Gasteiger partial charge in [0.2, 0.25) is 0 Å². The van der Waals surface area contributed by atoms with Crippen LogP contribution >= 0.6 is 11.8 Å². The third kappa shape index (κ3) is 3.61. The molecule has 24 heavy (non-hydrogen) atoms. The molecule has 0 saturated heterocycles. The maximum atomic E-state index is 13.1. The van der Waals surface area contributed by atoms with E-state index in [-0.39, 0.29) is 18.0 Å². The van der Waals surface area contributed by atoms with Crippen LogP contribution in [0.25, 0.3) is 0 Å². The molecule has 0 N–H and O–H groups in total. The number of nitrogens with zero attached hydrogens (tertiary/aromatic N) is 5. The molecule has 0 aliphatic rings. The molecule has 0 bridgehead atoms. The maximum Gasteiger partial charge on any atom is 0.262 e. The van der Waals surface area contributed by atoms with Crippen LogP contribution in [0.1, 0.15) is 49.8 Å². The van der Waals surface area contributed by atoms with Crippen LogP contribution in [0, 0.1) is 6.92 Å². The van der Waals surface area contributed by atoms with E-state index in [0.717, 1.165) is 11.4 Å². The fraction of sp³-hybridized carbons (Fsp3) is 0.529. The number of aromatic nitrogens is 4. The first-order valence-corrected chi connectivity index (χ1v) is 9.34. The molecule has 2 unspecified atom stereocenters. The van der Waals surface area contributed by atoms with Crippen LogP contribution in [-0.2, 0) is 0 Å². The first-order chi connectivity index (χ1) is 11.4. The van der Waals surface area contributed by atoms with Crippen molar-refractivity contribution in [3.63, 3.8) is 0 Å². The number of anilines is 1. The van der Waals surface area contributed by atoms with Gasteiger partial charge in [-0.15, -0.1) is 0 Å². The highest BCUT2D eigenvalue weighted by atomic mass is 32.2. The summed E-state index contributed by atoms with van der Waals surface area (Å²) in [6.45, 7) is 10.2. The van der Waals surface area contributed by atoms with Gasteiger partial charge in [0.1, 0.15) is 0 Å². The Morgan fingerprint density at radius 1 is 1.21 bits per heavy atom. The molecule has 0 aliphatic heterocycles.